The lowest BCUT2D eigenvalue weighted by Crippen LogP contribution is -2.35. The van der Waals surface area contributed by atoms with Crippen molar-refractivity contribution in [2.24, 2.45) is 35.0 Å². The number of rotatable bonds is 6. The fraction of sp³-hybridized carbons (Fsp3) is 0.767. The van der Waals surface area contributed by atoms with Crippen molar-refractivity contribution in [2.45, 2.75) is 112 Å². The molecule has 3 heteroatoms. The van der Waals surface area contributed by atoms with Gasteiger partial charge in [-0.3, -0.25) is 4.79 Å². The molecule has 0 saturated heterocycles. The highest BCUT2D eigenvalue weighted by Crippen LogP contribution is 2.59. The Morgan fingerprint density at radius 2 is 1.91 bits per heavy atom. The average Bonchev–Trinajstić information content (AvgIpc) is 3.06. The van der Waals surface area contributed by atoms with Crippen LogP contribution in [0.3, 0.4) is 0 Å². The van der Waals surface area contributed by atoms with E-state index in [4.69, 9.17) is 4.74 Å². The van der Waals surface area contributed by atoms with E-state index in [1.165, 1.54) is 44.6 Å². The van der Waals surface area contributed by atoms with Gasteiger partial charge < -0.3 is 9.84 Å². The fourth-order valence-corrected chi connectivity index (χ4v) is 6.98. The third-order valence-corrected chi connectivity index (χ3v) is 9.12. The summed E-state index contributed by atoms with van der Waals surface area (Å²) in [7, 11) is 0. The van der Waals surface area contributed by atoms with Gasteiger partial charge in [0.15, 0.2) is 0 Å². The van der Waals surface area contributed by atoms with Gasteiger partial charge in [-0.05, 0) is 87.9 Å². The highest BCUT2D eigenvalue weighted by atomic mass is 16.5. The SMILES string of the molecule is CC(=O)O[C@@H]1C/C(=C\C=C2/CCC[C@]3(C)[C@@H]([C@H](C)/C=C/[C@H](C)C(C)(C)O)CC[C@@H]23)C[C@@H](C)C1. The molecule has 0 aromatic rings. The minimum Gasteiger partial charge on any atom is -0.462 e. The first-order valence-electron chi connectivity index (χ1n) is 13.4. The second-order valence-electron chi connectivity index (χ2n) is 12.3. The number of fused-ring (bicyclic) bond motifs is 1. The molecule has 3 saturated carbocycles. The zero-order valence-electron chi connectivity index (χ0n) is 22.2. The van der Waals surface area contributed by atoms with Crippen molar-refractivity contribution >= 4 is 5.97 Å². The molecule has 3 aliphatic rings. The van der Waals surface area contributed by atoms with Crippen LogP contribution in [-0.4, -0.2) is 22.8 Å². The molecule has 3 aliphatic carbocycles. The van der Waals surface area contributed by atoms with E-state index in [-0.39, 0.29) is 18.0 Å². The predicted molar refractivity (Wildman–Crippen MR) is 137 cm³/mol. The molecule has 0 aromatic carbocycles. The van der Waals surface area contributed by atoms with Crippen LogP contribution in [0.4, 0.5) is 0 Å². The molecule has 0 unspecified atom stereocenters. The van der Waals surface area contributed by atoms with Crippen LogP contribution in [0.25, 0.3) is 0 Å². The molecule has 0 heterocycles. The Morgan fingerprint density at radius 1 is 1.18 bits per heavy atom. The zero-order chi connectivity index (χ0) is 24.4. The molecule has 186 valence electrons. The smallest absolute Gasteiger partial charge is 0.302 e. The zero-order valence-corrected chi connectivity index (χ0v) is 22.2. The quantitative estimate of drug-likeness (QED) is 0.334. The molecule has 7 atom stereocenters. The summed E-state index contributed by atoms with van der Waals surface area (Å²) < 4.78 is 5.55. The lowest BCUT2D eigenvalue weighted by Gasteiger charge is -2.44. The Labute approximate surface area is 202 Å². The van der Waals surface area contributed by atoms with Crippen LogP contribution in [0.15, 0.2) is 35.5 Å². The summed E-state index contributed by atoms with van der Waals surface area (Å²) in [6.45, 7) is 14.6. The van der Waals surface area contributed by atoms with Crippen LogP contribution in [0.5, 0.6) is 0 Å². The number of hydrogen-bond acceptors (Lipinski definition) is 3. The van der Waals surface area contributed by atoms with Gasteiger partial charge in [0.25, 0.3) is 0 Å². The summed E-state index contributed by atoms with van der Waals surface area (Å²) >= 11 is 0. The summed E-state index contributed by atoms with van der Waals surface area (Å²) in [6, 6.07) is 0. The Bertz CT molecular complexity index is 783. The molecular weight excluding hydrogens is 408 g/mol. The first kappa shape index (κ1) is 26.3. The highest BCUT2D eigenvalue weighted by Gasteiger charge is 2.50. The third kappa shape index (κ3) is 6.41. The molecule has 3 fully saturated rings. The van der Waals surface area contributed by atoms with Crippen molar-refractivity contribution < 1.29 is 14.6 Å². The van der Waals surface area contributed by atoms with Crippen molar-refractivity contribution in [3.63, 3.8) is 0 Å². The van der Waals surface area contributed by atoms with Gasteiger partial charge >= 0.3 is 5.97 Å². The van der Waals surface area contributed by atoms with E-state index in [2.05, 4.69) is 52.0 Å². The molecule has 3 nitrogen and oxygen atoms in total. The maximum atomic E-state index is 11.4. The number of carbonyl (C=O) groups excluding carboxylic acids is 1. The van der Waals surface area contributed by atoms with E-state index in [1.807, 2.05) is 13.8 Å². The van der Waals surface area contributed by atoms with E-state index in [0.717, 1.165) is 19.3 Å². The van der Waals surface area contributed by atoms with Crippen molar-refractivity contribution in [1.29, 1.82) is 0 Å². The van der Waals surface area contributed by atoms with Crippen LogP contribution >= 0.6 is 0 Å². The van der Waals surface area contributed by atoms with Gasteiger partial charge in [-0.15, -0.1) is 0 Å². The summed E-state index contributed by atoms with van der Waals surface area (Å²) in [5.41, 5.74) is 2.77. The van der Waals surface area contributed by atoms with E-state index in [9.17, 15) is 9.90 Å². The largest absolute Gasteiger partial charge is 0.462 e. The van der Waals surface area contributed by atoms with Crippen LogP contribution < -0.4 is 0 Å². The minimum absolute atomic E-state index is 0.0438. The second kappa shape index (κ2) is 10.5. The van der Waals surface area contributed by atoms with Crippen molar-refractivity contribution in [3.05, 3.63) is 35.5 Å². The average molecular weight is 457 g/mol. The van der Waals surface area contributed by atoms with Crippen LogP contribution in [0.2, 0.25) is 0 Å². The van der Waals surface area contributed by atoms with Gasteiger partial charge in [-0.1, -0.05) is 63.1 Å². The Morgan fingerprint density at radius 3 is 2.58 bits per heavy atom. The predicted octanol–water partition coefficient (Wildman–Crippen LogP) is 7.41. The lowest BCUT2D eigenvalue weighted by molar-refractivity contribution is -0.147. The molecule has 1 N–H and O–H groups in total. The molecule has 0 radical (unpaired) electrons. The van der Waals surface area contributed by atoms with Gasteiger partial charge in [0, 0.05) is 19.3 Å². The van der Waals surface area contributed by atoms with Crippen molar-refractivity contribution in [3.8, 4) is 0 Å². The van der Waals surface area contributed by atoms with E-state index >= 15 is 0 Å². The van der Waals surface area contributed by atoms with Gasteiger partial charge in [-0.25, -0.2) is 0 Å². The molecule has 0 spiro atoms. The molecule has 0 bridgehead atoms. The van der Waals surface area contributed by atoms with Gasteiger partial charge in [0.05, 0.1) is 5.60 Å². The minimum atomic E-state index is -0.669. The van der Waals surface area contributed by atoms with E-state index in [1.54, 1.807) is 5.57 Å². The highest BCUT2D eigenvalue weighted by molar-refractivity contribution is 5.66. The normalized spacial score (nSPS) is 37.3. The monoisotopic (exact) mass is 456 g/mol. The van der Waals surface area contributed by atoms with Crippen LogP contribution in [-0.2, 0) is 9.53 Å². The summed E-state index contributed by atoms with van der Waals surface area (Å²) in [5.74, 6) is 2.48. The Hall–Kier alpha value is -1.35. The molecule has 3 rings (SSSR count). The number of ether oxygens (including phenoxy) is 1. The van der Waals surface area contributed by atoms with Gasteiger partial charge in [0.1, 0.15) is 6.10 Å². The number of carbonyl (C=O) groups is 1. The third-order valence-electron chi connectivity index (χ3n) is 9.12. The maximum Gasteiger partial charge on any atom is 0.302 e. The van der Waals surface area contributed by atoms with Gasteiger partial charge in [0.2, 0.25) is 0 Å². The summed E-state index contributed by atoms with van der Waals surface area (Å²) in [5, 5.41) is 10.3. The van der Waals surface area contributed by atoms with Crippen molar-refractivity contribution in [1.82, 2.24) is 0 Å². The standard InChI is InChI=1S/C30H48O3/c1-20-17-24(19-26(18-20)33-23(4)31)12-13-25-9-8-16-30(7)27(14-15-28(25)30)21(2)10-11-22(3)29(5,6)32/h10-13,20-22,26-28,32H,8-9,14-19H2,1-7H3/b11-10+,24-12-,25-13+/t20-,21-,22+,26+,27-,28+,30-/m1/s1. The number of allylic oxidation sites excluding steroid dienone is 4. The fourth-order valence-electron chi connectivity index (χ4n) is 6.98. The maximum absolute atomic E-state index is 11.4. The molecule has 0 aliphatic heterocycles. The summed E-state index contributed by atoms with van der Waals surface area (Å²) in [4.78, 5) is 11.4. The van der Waals surface area contributed by atoms with E-state index < -0.39 is 5.60 Å². The summed E-state index contributed by atoms with van der Waals surface area (Å²) in [6.07, 6.45) is 18.9. The lowest BCUT2D eigenvalue weighted by atomic mass is 9.61. The second-order valence-corrected chi connectivity index (χ2v) is 12.3. The van der Waals surface area contributed by atoms with Crippen LogP contribution in [0, 0.1) is 35.0 Å². The molecule has 0 aromatic heterocycles. The first-order valence-corrected chi connectivity index (χ1v) is 13.4. The molecule has 0 amide bonds. The van der Waals surface area contributed by atoms with Crippen molar-refractivity contribution in [2.75, 3.05) is 0 Å². The Kier molecular flexibility index (Phi) is 8.36. The topological polar surface area (TPSA) is 46.5 Å². The number of hydrogen-bond donors (Lipinski definition) is 1. The molecular formula is C30H48O3. The first-order chi connectivity index (χ1) is 15.4. The Balaban J connectivity index is 1.72. The van der Waals surface area contributed by atoms with E-state index in [0.29, 0.717) is 29.1 Å². The number of aliphatic hydroxyl groups is 1. The molecule has 33 heavy (non-hydrogen) atoms. The van der Waals surface area contributed by atoms with Gasteiger partial charge in [-0.2, -0.15) is 0 Å². The van der Waals surface area contributed by atoms with Crippen LogP contribution in [0.1, 0.15) is 99.8 Å². The number of esters is 1.